The number of urea groups is 1. The van der Waals surface area contributed by atoms with Gasteiger partial charge in [-0.1, -0.05) is 0 Å². The molecule has 0 radical (unpaired) electrons. The highest BCUT2D eigenvalue weighted by atomic mass is 16.4. The smallest absolute Gasteiger partial charge is 0.323 e. The van der Waals surface area contributed by atoms with Gasteiger partial charge < -0.3 is 21.1 Å². The number of benzene rings is 1. The minimum Gasteiger partial charge on any atom is -0.480 e. The molecule has 0 atom stereocenters. The van der Waals surface area contributed by atoms with Crippen LogP contribution < -0.4 is 11.1 Å². The Bertz CT molecular complexity index is 484. The third kappa shape index (κ3) is 4.30. The Balaban J connectivity index is 2.81. The molecule has 0 aliphatic carbocycles. The molecule has 1 rings (SSSR count). The van der Waals surface area contributed by atoms with Crippen molar-refractivity contribution in [1.82, 2.24) is 4.90 Å². The molecule has 0 aliphatic rings. The summed E-state index contributed by atoms with van der Waals surface area (Å²) < 4.78 is 0. The number of rotatable bonds is 5. The molecule has 4 N–H and O–H groups in total. The molecule has 1 aromatic rings. The molecule has 19 heavy (non-hydrogen) atoms. The lowest BCUT2D eigenvalue weighted by molar-refractivity contribution is -0.137. The van der Waals surface area contributed by atoms with Crippen LogP contribution in [0.4, 0.5) is 10.5 Å². The summed E-state index contributed by atoms with van der Waals surface area (Å²) in [6, 6.07) is 5.34. The Kier molecular flexibility index (Phi) is 4.87. The lowest BCUT2D eigenvalue weighted by Gasteiger charge is -2.18. The second-order valence-electron chi connectivity index (χ2n) is 3.78. The molecule has 0 fully saturated rings. The van der Waals surface area contributed by atoms with E-state index in [4.69, 9.17) is 10.8 Å². The highest BCUT2D eigenvalue weighted by molar-refractivity contribution is 5.96. The van der Waals surface area contributed by atoms with E-state index in [1.165, 1.54) is 29.2 Å². The third-order valence-corrected chi connectivity index (χ3v) is 2.39. The van der Waals surface area contributed by atoms with Crippen LogP contribution in [-0.4, -0.2) is 41.0 Å². The van der Waals surface area contributed by atoms with Gasteiger partial charge in [0.15, 0.2) is 0 Å². The van der Waals surface area contributed by atoms with Crippen LogP contribution in [-0.2, 0) is 4.79 Å². The Morgan fingerprint density at radius 3 is 2.26 bits per heavy atom. The predicted molar refractivity (Wildman–Crippen MR) is 68.9 cm³/mol. The zero-order valence-electron chi connectivity index (χ0n) is 10.4. The summed E-state index contributed by atoms with van der Waals surface area (Å²) in [5, 5.41) is 11.1. The van der Waals surface area contributed by atoms with Gasteiger partial charge in [-0.15, -0.1) is 0 Å². The molecule has 3 amide bonds. The van der Waals surface area contributed by atoms with Gasteiger partial charge in [-0.2, -0.15) is 0 Å². The van der Waals surface area contributed by atoms with Gasteiger partial charge in [0, 0.05) is 17.8 Å². The second kappa shape index (κ2) is 6.39. The molecule has 0 heterocycles. The number of nitrogens with one attached hydrogen (secondary N) is 1. The van der Waals surface area contributed by atoms with E-state index in [2.05, 4.69) is 5.32 Å². The van der Waals surface area contributed by atoms with E-state index in [0.717, 1.165) is 0 Å². The summed E-state index contributed by atoms with van der Waals surface area (Å²) in [6.45, 7) is 1.65. The van der Waals surface area contributed by atoms with Gasteiger partial charge in [-0.3, -0.25) is 9.59 Å². The fourth-order valence-electron chi connectivity index (χ4n) is 1.51. The summed E-state index contributed by atoms with van der Waals surface area (Å²) in [7, 11) is 0. The minimum absolute atomic E-state index is 0.298. The van der Waals surface area contributed by atoms with Crippen molar-refractivity contribution in [3.8, 4) is 0 Å². The number of likely N-dealkylation sites (N-methyl/N-ethyl adjacent to an activating group) is 1. The molecule has 1 aromatic carbocycles. The molecule has 7 nitrogen and oxygen atoms in total. The monoisotopic (exact) mass is 265 g/mol. The molecule has 0 aliphatic heterocycles. The van der Waals surface area contributed by atoms with Gasteiger partial charge in [-0.05, 0) is 31.2 Å². The number of carbonyl (C=O) groups excluding carboxylic acids is 2. The molecule has 0 aromatic heterocycles. The summed E-state index contributed by atoms with van der Waals surface area (Å²) in [4.78, 5) is 34.5. The molecule has 0 bridgehead atoms. The van der Waals surface area contributed by atoms with Crippen LogP contribution in [0.2, 0.25) is 0 Å². The number of nitrogens with zero attached hydrogens (tertiary/aromatic N) is 1. The molecule has 0 saturated heterocycles. The average molecular weight is 265 g/mol. The number of nitrogens with two attached hydrogens (primary N) is 1. The normalized spacial score (nSPS) is 9.74. The van der Waals surface area contributed by atoms with E-state index < -0.39 is 12.0 Å². The SMILES string of the molecule is CCN(CC(=O)O)C(=O)c1ccc(NC(N)=O)cc1. The summed E-state index contributed by atoms with van der Waals surface area (Å²) in [5.74, 6) is -1.45. The highest BCUT2D eigenvalue weighted by Crippen LogP contribution is 2.11. The topological polar surface area (TPSA) is 113 Å². The number of carboxylic acids is 1. The number of anilines is 1. The molecule has 102 valence electrons. The first-order chi connectivity index (χ1) is 8.93. The number of hydrogen-bond acceptors (Lipinski definition) is 3. The molecular weight excluding hydrogens is 250 g/mol. The fraction of sp³-hybridized carbons (Fsp3) is 0.250. The van der Waals surface area contributed by atoms with Crippen LogP contribution >= 0.6 is 0 Å². The van der Waals surface area contributed by atoms with Gasteiger partial charge in [-0.25, -0.2) is 4.79 Å². The van der Waals surface area contributed by atoms with Gasteiger partial charge in [0.25, 0.3) is 5.91 Å². The van der Waals surface area contributed by atoms with Crippen LogP contribution in [0, 0.1) is 0 Å². The van der Waals surface area contributed by atoms with E-state index in [1.54, 1.807) is 6.92 Å². The fourth-order valence-corrected chi connectivity index (χ4v) is 1.51. The Hall–Kier alpha value is -2.57. The van der Waals surface area contributed by atoms with Gasteiger partial charge >= 0.3 is 12.0 Å². The number of carbonyl (C=O) groups is 3. The lowest BCUT2D eigenvalue weighted by Crippen LogP contribution is -2.35. The standard InChI is InChI=1S/C12H15N3O4/c1-2-15(7-10(16)17)11(18)8-3-5-9(6-4-8)14-12(13)19/h3-6H,2,7H2,1H3,(H,16,17)(H3,13,14,19). The van der Waals surface area contributed by atoms with Crippen molar-refractivity contribution in [2.24, 2.45) is 5.73 Å². The average Bonchev–Trinajstić information content (AvgIpc) is 2.35. The zero-order valence-corrected chi connectivity index (χ0v) is 10.4. The Morgan fingerprint density at radius 2 is 1.84 bits per heavy atom. The molecule has 0 saturated carbocycles. The van der Waals surface area contributed by atoms with Crippen molar-refractivity contribution in [3.63, 3.8) is 0 Å². The Labute approximate surface area is 110 Å². The largest absolute Gasteiger partial charge is 0.480 e. The van der Waals surface area contributed by atoms with Crippen molar-refractivity contribution in [2.45, 2.75) is 6.92 Å². The van der Waals surface area contributed by atoms with E-state index in [9.17, 15) is 14.4 Å². The maximum Gasteiger partial charge on any atom is 0.323 e. The van der Waals surface area contributed by atoms with Crippen molar-refractivity contribution >= 4 is 23.6 Å². The van der Waals surface area contributed by atoms with Gasteiger partial charge in [0.2, 0.25) is 0 Å². The van der Waals surface area contributed by atoms with Crippen molar-refractivity contribution < 1.29 is 19.5 Å². The maximum absolute atomic E-state index is 12.0. The summed E-state index contributed by atoms with van der Waals surface area (Å²) in [5.41, 5.74) is 5.77. The quantitative estimate of drug-likeness (QED) is 0.728. The number of carboxylic acid groups (broad SMARTS) is 1. The van der Waals surface area contributed by atoms with Crippen LogP contribution in [0.5, 0.6) is 0 Å². The molecule has 0 unspecified atom stereocenters. The van der Waals surface area contributed by atoms with E-state index >= 15 is 0 Å². The maximum atomic E-state index is 12.0. The van der Waals surface area contributed by atoms with Gasteiger partial charge in [0.05, 0.1) is 0 Å². The van der Waals surface area contributed by atoms with Crippen LogP contribution in [0.1, 0.15) is 17.3 Å². The summed E-state index contributed by atoms with van der Waals surface area (Å²) in [6.07, 6.45) is 0. The van der Waals surface area contributed by atoms with Crippen molar-refractivity contribution in [1.29, 1.82) is 0 Å². The van der Waals surface area contributed by atoms with E-state index in [1.807, 2.05) is 0 Å². The zero-order chi connectivity index (χ0) is 14.4. The minimum atomic E-state index is -1.07. The van der Waals surface area contributed by atoms with E-state index in [-0.39, 0.29) is 12.5 Å². The molecular formula is C12H15N3O4. The van der Waals surface area contributed by atoms with Gasteiger partial charge in [0.1, 0.15) is 6.54 Å². The van der Waals surface area contributed by atoms with Crippen LogP contribution in [0.3, 0.4) is 0 Å². The number of hydrogen-bond donors (Lipinski definition) is 3. The van der Waals surface area contributed by atoms with Crippen molar-refractivity contribution in [2.75, 3.05) is 18.4 Å². The predicted octanol–water partition coefficient (Wildman–Crippen LogP) is 0.724. The molecule has 7 heteroatoms. The molecule has 0 spiro atoms. The van der Waals surface area contributed by atoms with Crippen molar-refractivity contribution in [3.05, 3.63) is 29.8 Å². The first kappa shape index (κ1) is 14.5. The number of primary amides is 1. The number of amides is 3. The van der Waals surface area contributed by atoms with Crippen LogP contribution in [0.15, 0.2) is 24.3 Å². The Morgan fingerprint density at radius 1 is 1.26 bits per heavy atom. The third-order valence-electron chi connectivity index (χ3n) is 2.39. The summed E-state index contributed by atoms with van der Waals surface area (Å²) >= 11 is 0. The second-order valence-corrected chi connectivity index (χ2v) is 3.78. The highest BCUT2D eigenvalue weighted by Gasteiger charge is 2.16. The van der Waals surface area contributed by atoms with E-state index in [0.29, 0.717) is 17.8 Å². The lowest BCUT2D eigenvalue weighted by atomic mass is 10.2. The first-order valence-electron chi connectivity index (χ1n) is 5.61. The van der Waals surface area contributed by atoms with Crippen LogP contribution in [0.25, 0.3) is 0 Å². The first-order valence-corrected chi connectivity index (χ1v) is 5.61. The number of aliphatic carboxylic acids is 1.